The number of nitrogens with one attached hydrogen (secondary N) is 1. The summed E-state index contributed by atoms with van der Waals surface area (Å²) in [6.45, 7) is 4.76. The van der Waals surface area contributed by atoms with Gasteiger partial charge in [0.15, 0.2) is 0 Å². The molecule has 0 saturated heterocycles. The van der Waals surface area contributed by atoms with Crippen LogP contribution in [0.25, 0.3) is 0 Å². The standard InChI is InChI=1S/C26H40N6O5S/c1-19-13-22(37-8)14-20(2)26(19)38(35,36)32(7)18-24(33)28-16-25(34)31(6)17-21-9-10-23(27-15-21)30(5)12-11-29(3)4/h9-10,13-15H,11-12,16-18H2,1-8H3,(H,28,33). The van der Waals surface area contributed by atoms with E-state index in [1.165, 1.54) is 19.1 Å². The minimum Gasteiger partial charge on any atom is -0.497 e. The van der Waals surface area contributed by atoms with Gasteiger partial charge in [-0.2, -0.15) is 4.31 Å². The Morgan fingerprint density at radius 1 is 1.00 bits per heavy atom. The Labute approximate surface area is 226 Å². The molecule has 2 amide bonds. The molecule has 0 radical (unpaired) electrons. The van der Waals surface area contributed by atoms with Crippen LogP contribution < -0.4 is 15.0 Å². The number of anilines is 1. The molecule has 1 aromatic carbocycles. The fourth-order valence-corrected chi connectivity index (χ4v) is 5.34. The third kappa shape index (κ3) is 8.40. The molecule has 0 atom stereocenters. The number of pyridine rings is 1. The highest BCUT2D eigenvalue weighted by atomic mass is 32.2. The van der Waals surface area contributed by atoms with Gasteiger partial charge in [0, 0.05) is 47.0 Å². The Hall–Kier alpha value is -3.22. The van der Waals surface area contributed by atoms with Crippen molar-refractivity contribution in [2.75, 3.05) is 73.4 Å². The van der Waals surface area contributed by atoms with Crippen molar-refractivity contribution in [3.8, 4) is 5.75 Å². The van der Waals surface area contributed by atoms with Crippen molar-refractivity contribution in [3.05, 3.63) is 47.2 Å². The monoisotopic (exact) mass is 548 g/mol. The number of carbonyl (C=O) groups is 2. The first-order chi connectivity index (χ1) is 17.8. The Balaban J connectivity index is 1.90. The Morgan fingerprint density at radius 3 is 2.16 bits per heavy atom. The van der Waals surface area contributed by atoms with Crippen molar-refractivity contribution in [3.63, 3.8) is 0 Å². The second-order valence-corrected chi connectivity index (χ2v) is 11.6. The average molecular weight is 549 g/mol. The molecule has 1 N–H and O–H groups in total. The SMILES string of the molecule is COc1cc(C)c(S(=O)(=O)N(C)CC(=O)NCC(=O)N(C)Cc2ccc(N(C)CCN(C)C)nc2)c(C)c1. The number of rotatable bonds is 13. The van der Waals surface area contributed by atoms with Crippen LogP contribution in [0.5, 0.6) is 5.75 Å². The maximum Gasteiger partial charge on any atom is 0.243 e. The van der Waals surface area contributed by atoms with Crippen LogP contribution in [0.3, 0.4) is 0 Å². The smallest absolute Gasteiger partial charge is 0.243 e. The van der Waals surface area contributed by atoms with Crippen molar-refractivity contribution < 1.29 is 22.7 Å². The van der Waals surface area contributed by atoms with Gasteiger partial charge in [-0.15, -0.1) is 0 Å². The number of methoxy groups -OCH3 is 1. The summed E-state index contributed by atoms with van der Waals surface area (Å²) in [5, 5.41) is 2.52. The molecule has 1 aromatic heterocycles. The first kappa shape index (κ1) is 31.0. The molecular weight excluding hydrogens is 508 g/mol. The number of carbonyl (C=O) groups excluding carboxylic acids is 2. The molecule has 1 heterocycles. The maximum absolute atomic E-state index is 13.1. The van der Waals surface area contributed by atoms with Crippen LogP contribution in [-0.4, -0.2) is 108 Å². The third-order valence-corrected chi connectivity index (χ3v) is 8.18. The quantitative estimate of drug-likeness (QED) is 0.396. The van der Waals surface area contributed by atoms with Crippen molar-refractivity contribution in [2.45, 2.75) is 25.3 Å². The lowest BCUT2D eigenvalue weighted by Crippen LogP contribution is -2.43. The van der Waals surface area contributed by atoms with Crippen molar-refractivity contribution in [1.29, 1.82) is 0 Å². The Kier molecular flexibility index (Phi) is 11.0. The fourth-order valence-electron chi connectivity index (χ4n) is 3.81. The van der Waals surface area contributed by atoms with E-state index < -0.39 is 22.5 Å². The van der Waals surface area contributed by atoms with E-state index in [0.717, 1.165) is 28.8 Å². The molecular formula is C26H40N6O5S. The first-order valence-electron chi connectivity index (χ1n) is 12.2. The van der Waals surface area contributed by atoms with Gasteiger partial charge in [0.1, 0.15) is 11.6 Å². The highest BCUT2D eigenvalue weighted by Gasteiger charge is 2.27. The summed E-state index contributed by atoms with van der Waals surface area (Å²) >= 11 is 0. The molecule has 2 rings (SSSR count). The Morgan fingerprint density at radius 2 is 1.63 bits per heavy atom. The van der Waals surface area contributed by atoms with Crippen LogP contribution in [0, 0.1) is 13.8 Å². The van der Waals surface area contributed by atoms with Gasteiger partial charge in [-0.3, -0.25) is 9.59 Å². The van der Waals surface area contributed by atoms with E-state index in [9.17, 15) is 18.0 Å². The zero-order valence-corrected chi connectivity index (χ0v) is 24.4. The highest BCUT2D eigenvalue weighted by molar-refractivity contribution is 7.89. The molecule has 0 aliphatic carbocycles. The van der Waals surface area contributed by atoms with Gasteiger partial charge in [-0.25, -0.2) is 13.4 Å². The molecule has 0 unspecified atom stereocenters. The summed E-state index contributed by atoms with van der Waals surface area (Å²) in [5.74, 6) is 0.517. The largest absolute Gasteiger partial charge is 0.497 e. The van der Waals surface area contributed by atoms with E-state index in [1.54, 1.807) is 39.2 Å². The van der Waals surface area contributed by atoms with Gasteiger partial charge in [-0.05, 0) is 62.8 Å². The highest BCUT2D eigenvalue weighted by Crippen LogP contribution is 2.27. The van der Waals surface area contributed by atoms with Crippen LogP contribution in [0.2, 0.25) is 0 Å². The van der Waals surface area contributed by atoms with E-state index in [-0.39, 0.29) is 17.3 Å². The minimum absolute atomic E-state index is 0.132. The molecule has 0 aliphatic rings. The maximum atomic E-state index is 13.1. The lowest BCUT2D eigenvalue weighted by atomic mass is 10.1. The number of hydrogen-bond donors (Lipinski definition) is 1. The third-order valence-electron chi connectivity index (χ3n) is 6.07. The number of ether oxygens (including phenoxy) is 1. The molecule has 0 bridgehead atoms. The lowest BCUT2D eigenvalue weighted by Gasteiger charge is -2.22. The number of aromatic nitrogens is 1. The fraction of sp³-hybridized carbons (Fsp3) is 0.500. The number of nitrogens with zero attached hydrogens (tertiary/aromatic N) is 5. The van der Waals surface area contributed by atoms with Crippen LogP contribution >= 0.6 is 0 Å². The Bertz CT molecular complexity index is 1190. The van der Waals surface area contributed by atoms with Crippen LogP contribution in [0.15, 0.2) is 35.4 Å². The van der Waals surface area contributed by atoms with E-state index in [4.69, 9.17) is 4.74 Å². The van der Waals surface area contributed by atoms with Gasteiger partial charge in [0.2, 0.25) is 21.8 Å². The second-order valence-electron chi connectivity index (χ2n) is 9.63. The molecule has 11 nitrogen and oxygen atoms in total. The first-order valence-corrected chi connectivity index (χ1v) is 13.6. The molecule has 38 heavy (non-hydrogen) atoms. The predicted molar refractivity (Wildman–Crippen MR) is 148 cm³/mol. The van der Waals surface area contributed by atoms with Gasteiger partial charge < -0.3 is 24.8 Å². The van der Waals surface area contributed by atoms with Gasteiger partial charge >= 0.3 is 0 Å². The molecule has 2 aromatic rings. The number of hydrogen-bond acceptors (Lipinski definition) is 8. The lowest BCUT2D eigenvalue weighted by molar-refractivity contribution is -0.132. The van der Waals surface area contributed by atoms with Crippen LogP contribution in [0.1, 0.15) is 16.7 Å². The van der Waals surface area contributed by atoms with Crippen LogP contribution in [-0.2, 0) is 26.2 Å². The van der Waals surface area contributed by atoms with Crippen molar-refractivity contribution in [1.82, 2.24) is 24.4 Å². The van der Waals surface area contributed by atoms with E-state index in [1.807, 2.05) is 33.3 Å². The summed E-state index contributed by atoms with van der Waals surface area (Å²) in [6, 6.07) is 7.09. The normalized spacial score (nSPS) is 11.5. The summed E-state index contributed by atoms with van der Waals surface area (Å²) in [6.07, 6.45) is 1.73. The number of aryl methyl sites for hydroxylation is 2. The summed E-state index contributed by atoms with van der Waals surface area (Å²) < 4.78 is 32.4. The minimum atomic E-state index is -3.92. The summed E-state index contributed by atoms with van der Waals surface area (Å²) in [7, 11) is 6.57. The van der Waals surface area contributed by atoms with E-state index >= 15 is 0 Å². The van der Waals surface area contributed by atoms with Gasteiger partial charge in [-0.1, -0.05) is 6.07 Å². The predicted octanol–water partition coefficient (Wildman–Crippen LogP) is 1.10. The molecule has 0 saturated carbocycles. The number of benzene rings is 1. The zero-order valence-electron chi connectivity index (χ0n) is 23.6. The topological polar surface area (TPSA) is 115 Å². The molecule has 12 heteroatoms. The number of amides is 2. The molecule has 210 valence electrons. The van der Waals surface area contributed by atoms with E-state index in [2.05, 4.69) is 20.1 Å². The van der Waals surface area contributed by atoms with E-state index in [0.29, 0.717) is 23.4 Å². The zero-order chi connectivity index (χ0) is 28.6. The van der Waals surface area contributed by atoms with Crippen molar-refractivity contribution in [2.24, 2.45) is 0 Å². The second kappa shape index (κ2) is 13.5. The molecule has 0 spiro atoms. The molecule has 0 aliphatic heterocycles. The summed E-state index contributed by atoms with van der Waals surface area (Å²) in [4.78, 5) is 35.3. The molecule has 0 fully saturated rings. The van der Waals surface area contributed by atoms with Gasteiger partial charge in [0.05, 0.1) is 25.1 Å². The van der Waals surface area contributed by atoms with Gasteiger partial charge in [0.25, 0.3) is 0 Å². The number of sulfonamides is 1. The van der Waals surface area contributed by atoms with Crippen molar-refractivity contribution >= 4 is 27.7 Å². The average Bonchev–Trinajstić information content (AvgIpc) is 2.85. The van der Waals surface area contributed by atoms with Crippen LogP contribution in [0.4, 0.5) is 5.82 Å². The summed E-state index contributed by atoms with van der Waals surface area (Å²) in [5.41, 5.74) is 1.90. The number of likely N-dealkylation sites (N-methyl/N-ethyl adjacent to an activating group) is 4.